The van der Waals surface area contributed by atoms with E-state index in [2.05, 4.69) is 20.3 Å². The normalized spacial score (nSPS) is 10.7. The molecule has 8 heteroatoms. The van der Waals surface area contributed by atoms with Crippen LogP contribution in [0, 0.1) is 13.8 Å². The average molecular weight is 265 g/mol. The van der Waals surface area contributed by atoms with Crippen LogP contribution in [0.4, 0.5) is 0 Å². The number of rotatable bonds is 5. The summed E-state index contributed by atoms with van der Waals surface area (Å²) >= 11 is 0. The summed E-state index contributed by atoms with van der Waals surface area (Å²) in [5.74, 6) is 1.46. The summed E-state index contributed by atoms with van der Waals surface area (Å²) in [4.78, 5) is 15.8. The largest absolute Gasteiger partial charge is 0.460 e. The van der Waals surface area contributed by atoms with E-state index in [1.165, 1.54) is 0 Å². The first-order valence-corrected chi connectivity index (χ1v) is 5.98. The lowest BCUT2D eigenvalue weighted by Crippen LogP contribution is -2.15. The van der Waals surface area contributed by atoms with Crippen molar-refractivity contribution >= 4 is 5.97 Å². The third-order valence-corrected chi connectivity index (χ3v) is 2.52. The molecule has 102 valence electrons. The SMILES string of the molecule is CCOC(=O)c1nnc(C)n1CCc1noc(C)n1. The van der Waals surface area contributed by atoms with Gasteiger partial charge in [-0.25, -0.2) is 4.79 Å². The highest BCUT2D eigenvalue weighted by Gasteiger charge is 2.18. The first kappa shape index (κ1) is 13.2. The predicted octanol–water partition coefficient (Wildman–Crippen LogP) is 0.697. The van der Waals surface area contributed by atoms with Crippen LogP contribution in [0.15, 0.2) is 4.52 Å². The molecule has 0 aliphatic heterocycles. The van der Waals surface area contributed by atoms with Crippen LogP contribution in [0.2, 0.25) is 0 Å². The van der Waals surface area contributed by atoms with E-state index >= 15 is 0 Å². The zero-order chi connectivity index (χ0) is 13.8. The monoisotopic (exact) mass is 265 g/mol. The number of ether oxygens (including phenoxy) is 1. The Bertz CT molecular complexity index is 575. The highest BCUT2D eigenvalue weighted by Crippen LogP contribution is 2.06. The van der Waals surface area contributed by atoms with Crippen LogP contribution < -0.4 is 0 Å². The Labute approximate surface area is 109 Å². The standard InChI is InChI=1S/C11H15N5O3/c1-4-18-11(17)10-14-13-7(2)16(10)6-5-9-12-8(3)19-15-9/h4-6H2,1-3H3. The Hall–Kier alpha value is -2.25. The molecule has 0 atom stereocenters. The molecule has 0 fully saturated rings. The molecule has 2 rings (SSSR count). The molecule has 0 aliphatic carbocycles. The van der Waals surface area contributed by atoms with Crippen molar-refractivity contribution in [2.45, 2.75) is 33.7 Å². The molecule has 0 saturated heterocycles. The quantitative estimate of drug-likeness (QED) is 0.734. The number of aromatic nitrogens is 5. The molecular formula is C11H15N5O3. The van der Waals surface area contributed by atoms with Gasteiger partial charge in [0.1, 0.15) is 5.82 Å². The lowest BCUT2D eigenvalue weighted by Gasteiger charge is -2.06. The topological polar surface area (TPSA) is 95.9 Å². The molecule has 2 heterocycles. The smallest absolute Gasteiger partial charge is 0.376 e. The minimum atomic E-state index is -0.479. The van der Waals surface area contributed by atoms with Crippen LogP contribution in [-0.4, -0.2) is 37.5 Å². The lowest BCUT2D eigenvalue weighted by atomic mass is 10.4. The van der Waals surface area contributed by atoms with E-state index in [0.717, 1.165) is 0 Å². The molecule has 0 radical (unpaired) electrons. The van der Waals surface area contributed by atoms with Crippen LogP contribution in [0.5, 0.6) is 0 Å². The summed E-state index contributed by atoms with van der Waals surface area (Å²) in [7, 11) is 0. The van der Waals surface area contributed by atoms with Gasteiger partial charge < -0.3 is 13.8 Å². The van der Waals surface area contributed by atoms with E-state index in [1.807, 2.05) is 0 Å². The molecule has 19 heavy (non-hydrogen) atoms. The Morgan fingerprint density at radius 1 is 1.37 bits per heavy atom. The van der Waals surface area contributed by atoms with E-state index in [0.29, 0.717) is 37.1 Å². The molecule has 8 nitrogen and oxygen atoms in total. The van der Waals surface area contributed by atoms with Crippen molar-refractivity contribution in [2.75, 3.05) is 6.61 Å². The zero-order valence-electron chi connectivity index (χ0n) is 11.1. The van der Waals surface area contributed by atoms with E-state index in [1.54, 1.807) is 25.3 Å². The van der Waals surface area contributed by atoms with Crippen molar-refractivity contribution in [1.29, 1.82) is 0 Å². The molecule has 0 amide bonds. The fourth-order valence-electron chi connectivity index (χ4n) is 1.65. The molecule has 0 unspecified atom stereocenters. The second-order valence-electron chi connectivity index (χ2n) is 3.92. The van der Waals surface area contributed by atoms with Crippen molar-refractivity contribution in [3.63, 3.8) is 0 Å². The van der Waals surface area contributed by atoms with Gasteiger partial charge in [0, 0.05) is 19.9 Å². The van der Waals surface area contributed by atoms with E-state index in [9.17, 15) is 4.79 Å². The van der Waals surface area contributed by atoms with E-state index < -0.39 is 5.97 Å². The van der Waals surface area contributed by atoms with Crippen LogP contribution in [0.25, 0.3) is 0 Å². The lowest BCUT2D eigenvalue weighted by molar-refractivity contribution is 0.0505. The third kappa shape index (κ3) is 2.95. The van der Waals surface area contributed by atoms with E-state index in [-0.39, 0.29) is 5.82 Å². The first-order valence-electron chi connectivity index (χ1n) is 5.98. The number of hydrogen-bond donors (Lipinski definition) is 0. The Balaban J connectivity index is 2.11. The summed E-state index contributed by atoms with van der Waals surface area (Å²) < 4.78 is 11.5. The molecular weight excluding hydrogens is 250 g/mol. The molecule has 0 bridgehead atoms. The Morgan fingerprint density at radius 2 is 2.16 bits per heavy atom. The molecule has 0 aliphatic rings. The maximum absolute atomic E-state index is 11.7. The van der Waals surface area contributed by atoms with Crippen LogP contribution in [0.3, 0.4) is 0 Å². The minimum absolute atomic E-state index is 0.194. The van der Waals surface area contributed by atoms with Gasteiger partial charge in [-0.3, -0.25) is 0 Å². The van der Waals surface area contributed by atoms with Gasteiger partial charge in [0.25, 0.3) is 0 Å². The number of carbonyl (C=O) groups excluding carboxylic acids is 1. The number of nitrogens with zero attached hydrogens (tertiary/aromatic N) is 5. The van der Waals surface area contributed by atoms with Crippen LogP contribution >= 0.6 is 0 Å². The molecule has 0 aromatic carbocycles. The van der Waals surface area contributed by atoms with Gasteiger partial charge in [-0.1, -0.05) is 5.16 Å². The summed E-state index contributed by atoms with van der Waals surface area (Å²) in [6, 6.07) is 0. The summed E-state index contributed by atoms with van der Waals surface area (Å²) in [6.45, 7) is 6.04. The summed E-state index contributed by atoms with van der Waals surface area (Å²) in [6.07, 6.45) is 0.530. The van der Waals surface area contributed by atoms with Gasteiger partial charge in [0.05, 0.1) is 6.61 Å². The zero-order valence-corrected chi connectivity index (χ0v) is 11.1. The fourth-order valence-corrected chi connectivity index (χ4v) is 1.65. The third-order valence-electron chi connectivity index (χ3n) is 2.52. The van der Waals surface area contributed by atoms with Gasteiger partial charge in [-0.05, 0) is 13.8 Å². The maximum atomic E-state index is 11.7. The van der Waals surface area contributed by atoms with Crippen molar-refractivity contribution in [2.24, 2.45) is 0 Å². The second-order valence-corrected chi connectivity index (χ2v) is 3.92. The van der Waals surface area contributed by atoms with Crippen molar-refractivity contribution in [3.8, 4) is 0 Å². The number of hydrogen-bond acceptors (Lipinski definition) is 7. The van der Waals surface area contributed by atoms with Gasteiger partial charge in [0.2, 0.25) is 11.7 Å². The van der Waals surface area contributed by atoms with Crippen LogP contribution in [0.1, 0.15) is 35.1 Å². The number of aryl methyl sites for hydroxylation is 3. The Kier molecular flexibility index (Phi) is 3.88. The maximum Gasteiger partial charge on any atom is 0.376 e. The highest BCUT2D eigenvalue weighted by atomic mass is 16.5. The number of esters is 1. The van der Waals surface area contributed by atoms with Gasteiger partial charge in [-0.2, -0.15) is 4.98 Å². The average Bonchev–Trinajstić information content (AvgIpc) is 2.94. The molecule has 0 N–H and O–H groups in total. The summed E-state index contributed by atoms with van der Waals surface area (Å²) in [5, 5.41) is 11.5. The molecule has 2 aromatic heterocycles. The summed E-state index contributed by atoms with van der Waals surface area (Å²) in [5.41, 5.74) is 0. The number of carbonyl (C=O) groups is 1. The fraction of sp³-hybridized carbons (Fsp3) is 0.545. The molecule has 2 aromatic rings. The first-order chi connectivity index (χ1) is 9.11. The van der Waals surface area contributed by atoms with Crippen LogP contribution in [-0.2, 0) is 17.7 Å². The highest BCUT2D eigenvalue weighted by molar-refractivity contribution is 5.85. The van der Waals surface area contributed by atoms with Gasteiger partial charge in [-0.15, -0.1) is 10.2 Å². The van der Waals surface area contributed by atoms with Crippen molar-refractivity contribution in [1.82, 2.24) is 24.9 Å². The molecule has 0 spiro atoms. The second kappa shape index (κ2) is 5.59. The van der Waals surface area contributed by atoms with Gasteiger partial charge >= 0.3 is 5.97 Å². The molecule has 0 saturated carbocycles. The van der Waals surface area contributed by atoms with E-state index in [4.69, 9.17) is 9.26 Å². The van der Waals surface area contributed by atoms with Crippen molar-refractivity contribution in [3.05, 3.63) is 23.4 Å². The minimum Gasteiger partial charge on any atom is -0.460 e. The van der Waals surface area contributed by atoms with Gasteiger partial charge in [0.15, 0.2) is 5.82 Å². The van der Waals surface area contributed by atoms with Crippen molar-refractivity contribution < 1.29 is 14.1 Å². The Morgan fingerprint density at radius 3 is 2.79 bits per heavy atom. The predicted molar refractivity (Wildman–Crippen MR) is 63.5 cm³/mol.